The molecule has 7 heteroatoms. The van der Waals surface area contributed by atoms with Gasteiger partial charge in [0, 0.05) is 6.20 Å². The predicted molar refractivity (Wildman–Crippen MR) is 91.7 cm³/mol. The highest BCUT2D eigenvalue weighted by molar-refractivity contribution is 6.22. The van der Waals surface area contributed by atoms with Crippen LogP contribution >= 0.6 is 0 Å². The van der Waals surface area contributed by atoms with E-state index in [2.05, 4.69) is 4.98 Å². The van der Waals surface area contributed by atoms with Crippen molar-refractivity contribution in [2.75, 3.05) is 6.61 Å². The van der Waals surface area contributed by atoms with E-state index >= 15 is 0 Å². The molecule has 7 nitrogen and oxygen atoms in total. The molecule has 2 aromatic rings. The first-order chi connectivity index (χ1) is 12.4. The number of Topliss-reactive ketones (excluding diaryl/α,β-unsaturated/α-hetero) is 1. The molecule has 0 fully saturated rings. The SMILES string of the molecule is CC(C)C(C(=O)OCC(=O)c1ccc[nH]1)N1C(=O)c2ccccc2C1=O. The highest BCUT2D eigenvalue weighted by Crippen LogP contribution is 2.27. The number of aromatic amines is 1. The highest BCUT2D eigenvalue weighted by atomic mass is 16.5. The number of ether oxygens (including phenoxy) is 1. The molecule has 134 valence electrons. The molecule has 0 saturated carbocycles. The maximum absolute atomic E-state index is 12.6. The Morgan fingerprint density at radius 1 is 1.04 bits per heavy atom. The number of benzene rings is 1. The van der Waals surface area contributed by atoms with E-state index in [1.54, 1.807) is 56.4 Å². The van der Waals surface area contributed by atoms with Gasteiger partial charge < -0.3 is 9.72 Å². The van der Waals surface area contributed by atoms with Gasteiger partial charge in [-0.2, -0.15) is 0 Å². The zero-order valence-electron chi connectivity index (χ0n) is 14.4. The number of esters is 1. The van der Waals surface area contributed by atoms with Crippen molar-refractivity contribution in [3.63, 3.8) is 0 Å². The average Bonchev–Trinajstić information content (AvgIpc) is 3.24. The monoisotopic (exact) mass is 354 g/mol. The van der Waals surface area contributed by atoms with E-state index in [0.29, 0.717) is 5.69 Å². The maximum Gasteiger partial charge on any atom is 0.330 e. The number of hydrogen-bond donors (Lipinski definition) is 1. The zero-order valence-corrected chi connectivity index (χ0v) is 14.4. The molecule has 0 saturated heterocycles. The minimum atomic E-state index is -1.10. The second-order valence-corrected chi connectivity index (χ2v) is 6.33. The summed E-state index contributed by atoms with van der Waals surface area (Å²) in [7, 11) is 0. The Morgan fingerprint density at radius 2 is 1.65 bits per heavy atom. The molecule has 1 atom stereocenters. The molecule has 1 N–H and O–H groups in total. The van der Waals surface area contributed by atoms with Gasteiger partial charge in [0.1, 0.15) is 6.04 Å². The number of nitrogens with one attached hydrogen (secondary N) is 1. The lowest BCUT2D eigenvalue weighted by molar-refractivity contribution is -0.148. The van der Waals surface area contributed by atoms with Crippen LogP contribution in [-0.2, 0) is 9.53 Å². The Labute approximate surface area is 149 Å². The van der Waals surface area contributed by atoms with Crippen LogP contribution in [0.25, 0.3) is 0 Å². The number of nitrogens with zero attached hydrogens (tertiary/aromatic N) is 1. The minimum Gasteiger partial charge on any atom is -0.456 e. The van der Waals surface area contributed by atoms with Crippen molar-refractivity contribution in [1.82, 2.24) is 9.88 Å². The molecule has 1 aromatic heterocycles. The van der Waals surface area contributed by atoms with Crippen LogP contribution in [0.2, 0.25) is 0 Å². The highest BCUT2D eigenvalue weighted by Gasteiger charge is 2.44. The fourth-order valence-corrected chi connectivity index (χ4v) is 2.94. The molecule has 1 unspecified atom stereocenters. The van der Waals surface area contributed by atoms with E-state index < -0.39 is 36.2 Å². The predicted octanol–water partition coefficient (Wildman–Crippen LogP) is 2.06. The molecule has 26 heavy (non-hydrogen) atoms. The lowest BCUT2D eigenvalue weighted by atomic mass is 10.0. The van der Waals surface area contributed by atoms with Gasteiger partial charge >= 0.3 is 5.97 Å². The summed E-state index contributed by atoms with van der Waals surface area (Å²) in [5.41, 5.74) is 0.844. The van der Waals surface area contributed by atoms with Crippen molar-refractivity contribution in [3.05, 3.63) is 59.4 Å². The van der Waals surface area contributed by atoms with E-state index in [9.17, 15) is 19.2 Å². The Bertz CT molecular complexity index is 835. The first-order valence-corrected chi connectivity index (χ1v) is 8.22. The van der Waals surface area contributed by atoms with Crippen LogP contribution in [0.3, 0.4) is 0 Å². The number of H-pyrrole nitrogens is 1. The van der Waals surface area contributed by atoms with Gasteiger partial charge in [-0.3, -0.25) is 19.3 Å². The Balaban J connectivity index is 1.77. The third kappa shape index (κ3) is 3.03. The molecular weight excluding hydrogens is 336 g/mol. The molecule has 0 radical (unpaired) electrons. The van der Waals surface area contributed by atoms with Crippen LogP contribution in [0, 0.1) is 5.92 Å². The summed E-state index contributed by atoms with van der Waals surface area (Å²) in [5, 5.41) is 0. The topological polar surface area (TPSA) is 96.5 Å². The van der Waals surface area contributed by atoms with Gasteiger partial charge in [0.15, 0.2) is 6.61 Å². The van der Waals surface area contributed by atoms with Crippen molar-refractivity contribution in [3.8, 4) is 0 Å². The first kappa shape index (κ1) is 17.6. The smallest absolute Gasteiger partial charge is 0.330 e. The molecule has 2 amide bonds. The molecular formula is C19H18N2O5. The Hall–Kier alpha value is -3.22. The van der Waals surface area contributed by atoms with Gasteiger partial charge in [-0.15, -0.1) is 0 Å². The summed E-state index contributed by atoms with van der Waals surface area (Å²) in [6.45, 7) is 2.95. The zero-order chi connectivity index (χ0) is 18.8. The second-order valence-electron chi connectivity index (χ2n) is 6.33. The van der Waals surface area contributed by atoms with E-state index in [-0.39, 0.29) is 17.0 Å². The van der Waals surface area contributed by atoms with Gasteiger partial charge in [0.05, 0.1) is 16.8 Å². The summed E-state index contributed by atoms with van der Waals surface area (Å²) in [6, 6.07) is 8.54. The maximum atomic E-state index is 12.6. The number of imide groups is 1. The number of rotatable bonds is 6. The normalized spacial score (nSPS) is 14.5. The molecule has 1 aliphatic heterocycles. The van der Waals surface area contributed by atoms with Crippen LogP contribution in [0.1, 0.15) is 45.1 Å². The van der Waals surface area contributed by atoms with Gasteiger partial charge in [-0.1, -0.05) is 26.0 Å². The summed E-state index contributed by atoms with van der Waals surface area (Å²) >= 11 is 0. The number of hydrogen-bond acceptors (Lipinski definition) is 5. The fraction of sp³-hybridized carbons (Fsp3) is 0.263. The average molecular weight is 354 g/mol. The molecule has 0 bridgehead atoms. The van der Waals surface area contributed by atoms with E-state index in [1.165, 1.54) is 0 Å². The van der Waals surface area contributed by atoms with Gasteiger partial charge in [0.2, 0.25) is 5.78 Å². The van der Waals surface area contributed by atoms with Crippen molar-refractivity contribution < 1.29 is 23.9 Å². The largest absolute Gasteiger partial charge is 0.456 e. The quantitative estimate of drug-likeness (QED) is 0.487. The van der Waals surface area contributed by atoms with E-state index in [0.717, 1.165) is 4.90 Å². The van der Waals surface area contributed by atoms with Crippen LogP contribution < -0.4 is 0 Å². The first-order valence-electron chi connectivity index (χ1n) is 8.22. The molecule has 3 rings (SSSR count). The van der Waals surface area contributed by atoms with Gasteiger partial charge in [-0.05, 0) is 30.2 Å². The summed E-state index contributed by atoms with van der Waals surface area (Å²) < 4.78 is 5.10. The minimum absolute atomic E-state index is 0.262. The second kappa shape index (κ2) is 6.95. The standard InChI is InChI=1S/C19H18N2O5/c1-11(2)16(19(25)26-10-15(22)14-8-5-9-20-14)21-17(23)12-6-3-4-7-13(12)18(21)24/h3-9,11,16,20H,10H2,1-2H3. The van der Waals surface area contributed by atoms with Crippen LogP contribution in [0.15, 0.2) is 42.6 Å². The molecule has 0 aliphatic carbocycles. The van der Waals surface area contributed by atoms with Crippen LogP contribution in [0.5, 0.6) is 0 Å². The molecule has 1 aromatic carbocycles. The number of aromatic nitrogens is 1. The number of amides is 2. The van der Waals surface area contributed by atoms with Crippen molar-refractivity contribution in [2.24, 2.45) is 5.92 Å². The lowest BCUT2D eigenvalue weighted by Crippen LogP contribution is -2.49. The van der Waals surface area contributed by atoms with E-state index in [1.807, 2.05) is 0 Å². The summed E-state index contributed by atoms with van der Waals surface area (Å²) in [5.74, 6) is -2.61. The van der Waals surface area contributed by atoms with Crippen molar-refractivity contribution >= 4 is 23.6 Å². The summed E-state index contributed by atoms with van der Waals surface area (Å²) in [6.07, 6.45) is 1.59. The number of carbonyl (C=O) groups excluding carboxylic acids is 4. The van der Waals surface area contributed by atoms with Gasteiger partial charge in [-0.25, -0.2) is 4.79 Å². The van der Waals surface area contributed by atoms with E-state index in [4.69, 9.17) is 4.74 Å². The van der Waals surface area contributed by atoms with Gasteiger partial charge in [0.25, 0.3) is 11.8 Å². The third-order valence-electron chi connectivity index (χ3n) is 4.22. The van der Waals surface area contributed by atoms with Crippen LogP contribution in [-0.4, -0.2) is 46.1 Å². The number of ketones is 1. The molecule has 0 spiro atoms. The number of fused-ring (bicyclic) bond motifs is 1. The van der Waals surface area contributed by atoms with Crippen molar-refractivity contribution in [1.29, 1.82) is 0 Å². The van der Waals surface area contributed by atoms with Crippen molar-refractivity contribution in [2.45, 2.75) is 19.9 Å². The molecule has 1 aliphatic rings. The molecule has 2 heterocycles. The number of carbonyl (C=O) groups is 4. The Kier molecular flexibility index (Phi) is 4.71. The van der Waals surface area contributed by atoms with Crippen LogP contribution in [0.4, 0.5) is 0 Å². The Morgan fingerprint density at radius 3 is 2.15 bits per heavy atom. The lowest BCUT2D eigenvalue weighted by Gasteiger charge is -2.27. The summed E-state index contributed by atoms with van der Waals surface area (Å²) in [4.78, 5) is 53.4. The fourth-order valence-electron chi connectivity index (χ4n) is 2.94. The third-order valence-corrected chi connectivity index (χ3v) is 4.22.